The van der Waals surface area contributed by atoms with Gasteiger partial charge in [0.25, 0.3) is 0 Å². The van der Waals surface area contributed by atoms with E-state index in [4.69, 9.17) is 5.26 Å². The maximum atomic E-state index is 11.6. The molecule has 1 saturated heterocycles. The number of urea groups is 1. The molecule has 1 heterocycles. The van der Waals surface area contributed by atoms with E-state index in [1.165, 1.54) is 0 Å². The summed E-state index contributed by atoms with van der Waals surface area (Å²) < 4.78 is 0. The Morgan fingerprint density at radius 3 is 3.06 bits per heavy atom. The molecule has 0 radical (unpaired) electrons. The molecule has 0 spiro atoms. The number of nitrogens with one attached hydrogen (secondary N) is 1. The minimum atomic E-state index is -0.150. The first-order valence-electron chi connectivity index (χ1n) is 4.93. The molecular formula is C12H11N3O. The summed E-state index contributed by atoms with van der Waals surface area (Å²) in [5, 5.41) is 11.5. The van der Waals surface area contributed by atoms with Gasteiger partial charge < -0.3 is 5.32 Å². The number of rotatable bonds is 1. The Morgan fingerprint density at radius 1 is 1.50 bits per heavy atom. The molecule has 4 nitrogen and oxygen atoms in total. The number of nitriles is 1. The number of nitrogens with zero attached hydrogens (tertiary/aromatic N) is 2. The van der Waals surface area contributed by atoms with Crippen LogP contribution in [0.2, 0.25) is 0 Å². The van der Waals surface area contributed by atoms with Gasteiger partial charge in [0.1, 0.15) is 0 Å². The Hall–Kier alpha value is -2.28. The molecule has 4 heteroatoms. The normalized spacial score (nSPS) is 15.6. The van der Waals surface area contributed by atoms with Gasteiger partial charge in [0, 0.05) is 12.2 Å². The molecule has 2 amide bonds. The van der Waals surface area contributed by atoms with E-state index in [2.05, 4.69) is 18.0 Å². The molecule has 1 aromatic carbocycles. The average Bonchev–Trinajstić information content (AvgIpc) is 2.32. The van der Waals surface area contributed by atoms with Gasteiger partial charge in [0.15, 0.2) is 0 Å². The van der Waals surface area contributed by atoms with Crippen LogP contribution in [0, 0.1) is 11.3 Å². The van der Waals surface area contributed by atoms with Gasteiger partial charge in [-0.1, -0.05) is 12.6 Å². The van der Waals surface area contributed by atoms with Gasteiger partial charge in [0.05, 0.1) is 18.2 Å². The standard InChI is InChI=1S/C12H11N3O/c1-9-7-14-12(16)15(8-9)11-4-2-3-10(5-11)6-13/h2-5H,1,7-8H2,(H,14,16). The molecule has 1 N–H and O–H groups in total. The monoisotopic (exact) mass is 213 g/mol. The van der Waals surface area contributed by atoms with Crippen LogP contribution in [0.4, 0.5) is 10.5 Å². The van der Waals surface area contributed by atoms with Gasteiger partial charge >= 0.3 is 6.03 Å². The molecule has 0 bridgehead atoms. The molecule has 1 aromatic rings. The molecule has 1 fully saturated rings. The fourth-order valence-electron chi connectivity index (χ4n) is 1.60. The van der Waals surface area contributed by atoms with Gasteiger partial charge in [-0.05, 0) is 23.8 Å². The van der Waals surface area contributed by atoms with Crippen molar-refractivity contribution in [2.75, 3.05) is 18.0 Å². The second-order valence-corrected chi connectivity index (χ2v) is 3.66. The fourth-order valence-corrected chi connectivity index (χ4v) is 1.60. The lowest BCUT2D eigenvalue weighted by atomic mass is 10.1. The van der Waals surface area contributed by atoms with Crippen LogP contribution in [-0.2, 0) is 0 Å². The number of hydrogen-bond donors (Lipinski definition) is 1. The van der Waals surface area contributed by atoms with Gasteiger partial charge in [-0.2, -0.15) is 5.26 Å². The van der Waals surface area contributed by atoms with Crippen LogP contribution in [0.5, 0.6) is 0 Å². The molecule has 1 aliphatic rings. The highest BCUT2D eigenvalue weighted by Gasteiger charge is 2.21. The van der Waals surface area contributed by atoms with Gasteiger partial charge in [0.2, 0.25) is 0 Å². The van der Waals surface area contributed by atoms with Crippen LogP contribution in [-0.4, -0.2) is 19.1 Å². The average molecular weight is 213 g/mol. The second-order valence-electron chi connectivity index (χ2n) is 3.66. The van der Waals surface area contributed by atoms with Crippen LogP contribution in [0.25, 0.3) is 0 Å². The molecule has 0 unspecified atom stereocenters. The minimum Gasteiger partial charge on any atom is -0.334 e. The first-order valence-corrected chi connectivity index (χ1v) is 4.93. The Bertz CT molecular complexity index is 487. The summed E-state index contributed by atoms with van der Waals surface area (Å²) in [5.74, 6) is 0. The third-order valence-electron chi connectivity index (χ3n) is 2.40. The van der Waals surface area contributed by atoms with E-state index in [1.54, 1.807) is 29.2 Å². The van der Waals surface area contributed by atoms with Crippen LogP contribution in [0.1, 0.15) is 5.56 Å². The second kappa shape index (κ2) is 4.07. The Labute approximate surface area is 93.8 Å². The van der Waals surface area contributed by atoms with Crippen LogP contribution >= 0.6 is 0 Å². The molecule has 0 aromatic heterocycles. The van der Waals surface area contributed by atoms with Crippen LogP contribution in [0.15, 0.2) is 36.4 Å². The van der Waals surface area contributed by atoms with Crippen molar-refractivity contribution >= 4 is 11.7 Å². The molecular weight excluding hydrogens is 202 g/mol. The fraction of sp³-hybridized carbons (Fsp3) is 0.167. The lowest BCUT2D eigenvalue weighted by Gasteiger charge is -2.29. The summed E-state index contributed by atoms with van der Waals surface area (Å²) in [5.41, 5.74) is 2.21. The summed E-state index contributed by atoms with van der Waals surface area (Å²) in [4.78, 5) is 13.2. The lowest BCUT2D eigenvalue weighted by molar-refractivity contribution is 0.245. The van der Waals surface area contributed by atoms with E-state index in [-0.39, 0.29) is 6.03 Å². The largest absolute Gasteiger partial charge is 0.334 e. The molecule has 0 atom stereocenters. The summed E-state index contributed by atoms with van der Waals surface area (Å²) in [6.07, 6.45) is 0. The summed E-state index contributed by atoms with van der Waals surface area (Å²) in [6, 6.07) is 8.87. The highest BCUT2D eigenvalue weighted by molar-refractivity contribution is 5.93. The molecule has 1 aliphatic heterocycles. The summed E-state index contributed by atoms with van der Waals surface area (Å²) >= 11 is 0. The molecule has 2 rings (SSSR count). The van der Waals surface area contributed by atoms with E-state index in [1.807, 2.05) is 0 Å². The first kappa shape index (κ1) is 10.2. The molecule has 16 heavy (non-hydrogen) atoms. The third-order valence-corrected chi connectivity index (χ3v) is 2.40. The Balaban J connectivity index is 2.32. The number of carbonyl (C=O) groups is 1. The zero-order chi connectivity index (χ0) is 11.5. The van der Waals surface area contributed by atoms with E-state index in [0.717, 1.165) is 11.3 Å². The van der Waals surface area contributed by atoms with Gasteiger partial charge in [-0.25, -0.2) is 4.79 Å². The van der Waals surface area contributed by atoms with Crippen molar-refractivity contribution < 1.29 is 4.79 Å². The maximum absolute atomic E-state index is 11.6. The Morgan fingerprint density at radius 2 is 2.31 bits per heavy atom. The molecule has 80 valence electrons. The number of anilines is 1. The number of carbonyl (C=O) groups excluding carboxylic acids is 1. The number of hydrogen-bond acceptors (Lipinski definition) is 2. The summed E-state index contributed by atoms with van der Waals surface area (Å²) in [6.45, 7) is 4.87. The number of benzene rings is 1. The van der Waals surface area contributed by atoms with Gasteiger partial charge in [-0.15, -0.1) is 0 Å². The predicted molar refractivity (Wildman–Crippen MR) is 61.0 cm³/mol. The van der Waals surface area contributed by atoms with Crippen molar-refractivity contribution in [1.82, 2.24) is 5.32 Å². The minimum absolute atomic E-state index is 0.150. The predicted octanol–water partition coefficient (Wildman–Crippen LogP) is 1.64. The van der Waals surface area contributed by atoms with Crippen molar-refractivity contribution in [2.45, 2.75) is 0 Å². The quantitative estimate of drug-likeness (QED) is 0.721. The molecule has 0 saturated carbocycles. The summed E-state index contributed by atoms with van der Waals surface area (Å²) in [7, 11) is 0. The van der Waals surface area contributed by atoms with Crippen molar-refractivity contribution in [2.24, 2.45) is 0 Å². The van der Waals surface area contributed by atoms with Crippen molar-refractivity contribution in [3.63, 3.8) is 0 Å². The first-order chi connectivity index (χ1) is 7.70. The van der Waals surface area contributed by atoms with E-state index >= 15 is 0 Å². The topological polar surface area (TPSA) is 56.1 Å². The number of amides is 2. The van der Waals surface area contributed by atoms with Crippen molar-refractivity contribution in [3.05, 3.63) is 42.0 Å². The van der Waals surface area contributed by atoms with E-state index in [9.17, 15) is 4.79 Å². The highest BCUT2D eigenvalue weighted by atomic mass is 16.2. The highest BCUT2D eigenvalue weighted by Crippen LogP contribution is 2.18. The Kier molecular flexibility index (Phi) is 2.61. The zero-order valence-corrected chi connectivity index (χ0v) is 8.73. The van der Waals surface area contributed by atoms with Gasteiger partial charge in [-0.3, -0.25) is 4.90 Å². The third kappa shape index (κ3) is 1.89. The van der Waals surface area contributed by atoms with Crippen LogP contribution in [0.3, 0.4) is 0 Å². The van der Waals surface area contributed by atoms with E-state index < -0.39 is 0 Å². The lowest BCUT2D eigenvalue weighted by Crippen LogP contribution is -2.47. The van der Waals surface area contributed by atoms with Crippen LogP contribution < -0.4 is 10.2 Å². The maximum Gasteiger partial charge on any atom is 0.322 e. The smallest absolute Gasteiger partial charge is 0.322 e. The SMILES string of the molecule is C=C1CNC(=O)N(c2cccc(C#N)c2)C1. The van der Waals surface area contributed by atoms with Crippen molar-refractivity contribution in [3.8, 4) is 6.07 Å². The zero-order valence-electron chi connectivity index (χ0n) is 8.73. The molecule has 0 aliphatic carbocycles. The van der Waals surface area contributed by atoms with E-state index in [0.29, 0.717) is 18.7 Å². The van der Waals surface area contributed by atoms with Crippen molar-refractivity contribution in [1.29, 1.82) is 5.26 Å².